The number of carbonyl (C=O) groups excluding carboxylic acids is 1. The van der Waals surface area contributed by atoms with Crippen LogP contribution in [0.1, 0.15) is 49.9 Å². The van der Waals surface area contributed by atoms with E-state index in [1.807, 2.05) is 24.5 Å². The molecule has 1 aliphatic carbocycles. The van der Waals surface area contributed by atoms with E-state index in [0.29, 0.717) is 23.2 Å². The zero-order valence-electron chi connectivity index (χ0n) is 22.4. The molecule has 1 aliphatic heterocycles. The van der Waals surface area contributed by atoms with Gasteiger partial charge in [0.2, 0.25) is 0 Å². The summed E-state index contributed by atoms with van der Waals surface area (Å²) in [6, 6.07) is 4.86. The van der Waals surface area contributed by atoms with Crippen LogP contribution in [0.15, 0.2) is 37.1 Å². The summed E-state index contributed by atoms with van der Waals surface area (Å²) in [6.07, 6.45) is 11.3. The lowest BCUT2D eigenvalue weighted by molar-refractivity contribution is 0.00791. The number of alkyl halides is 1. The Morgan fingerprint density at radius 1 is 1.21 bits per heavy atom. The molecule has 1 saturated heterocycles. The van der Waals surface area contributed by atoms with E-state index in [0.717, 1.165) is 80.0 Å². The lowest BCUT2D eigenvalue weighted by atomic mass is 9.90. The summed E-state index contributed by atoms with van der Waals surface area (Å²) >= 11 is 0. The van der Waals surface area contributed by atoms with Crippen LogP contribution in [0.5, 0.6) is 0 Å². The first-order valence-corrected chi connectivity index (χ1v) is 13.7. The molecule has 206 valence electrons. The number of fused-ring (bicyclic) bond motifs is 2. The highest BCUT2D eigenvalue weighted by Crippen LogP contribution is 2.34. The second-order valence-electron chi connectivity index (χ2n) is 11.2. The van der Waals surface area contributed by atoms with Crippen molar-refractivity contribution in [1.82, 2.24) is 34.8 Å². The van der Waals surface area contributed by atoms with Gasteiger partial charge in [-0.1, -0.05) is 0 Å². The van der Waals surface area contributed by atoms with Crippen molar-refractivity contribution in [3.8, 4) is 11.1 Å². The Bertz CT molecular complexity index is 1460. The summed E-state index contributed by atoms with van der Waals surface area (Å²) in [7, 11) is 0. The Kier molecular flexibility index (Phi) is 6.94. The van der Waals surface area contributed by atoms with Gasteiger partial charge in [-0.2, -0.15) is 5.10 Å². The minimum atomic E-state index is -1.50. The van der Waals surface area contributed by atoms with Crippen LogP contribution >= 0.6 is 0 Å². The minimum absolute atomic E-state index is 0.0773. The molecule has 2 aliphatic rings. The Balaban J connectivity index is 1.24. The monoisotopic (exact) mass is 534 g/mol. The Hall–Kier alpha value is -3.57. The summed E-state index contributed by atoms with van der Waals surface area (Å²) in [6.45, 7) is 6.51. The van der Waals surface area contributed by atoms with Crippen molar-refractivity contribution in [2.45, 2.75) is 57.3 Å². The maximum absolute atomic E-state index is 14.0. The Labute approximate surface area is 226 Å². The molecule has 4 aromatic heterocycles. The van der Waals surface area contributed by atoms with Crippen molar-refractivity contribution >= 4 is 28.3 Å². The SMILES string of the molecule is CC(C)(F)CNC(=O)c1cnn2ccc(-c3c[nH]c4ncnc(N[C@H]5CC[C@H](N6CCOCC6)CC5)c34)cc12. The highest BCUT2D eigenvalue weighted by molar-refractivity contribution is 6.04. The van der Waals surface area contributed by atoms with Gasteiger partial charge in [-0.15, -0.1) is 0 Å². The standard InChI is InChI=1S/C28H35FN8O2/c1-28(2,29)16-31-27(38)22-15-34-37-8-7-18(13-23(22)37)21-14-30-25-24(21)26(33-17-32-25)35-19-3-5-20(6-4-19)36-9-11-39-12-10-36/h7-8,13-15,17,19-20H,3-6,9-12,16H2,1-2H3,(H,31,38)(H2,30,32,33,35)/t19-,20-. The van der Waals surface area contributed by atoms with E-state index >= 15 is 0 Å². The topological polar surface area (TPSA) is 112 Å². The second kappa shape index (κ2) is 10.5. The molecule has 4 aromatic rings. The number of anilines is 1. The number of pyridine rings is 1. The quantitative estimate of drug-likeness (QED) is 0.331. The summed E-state index contributed by atoms with van der Waals surface area (Å²) in [4.78, 5) is 27.7. The number of ether oxygens (including phenoxy) is 1. The molecule has 39 heavy (non-hydrogen) atoms. The predicted molar refractivity (Wildman–Crippen MR) is 148 cm³/mol. The third-order valence-electron chi connectivity index (χ3n) is 7.82. The van der Waals surface area contributed by atoms with E-state index in [4.69, 9.17) is 4.74 Å². The number of halogens is 1. The molecule has 2 fully saturated rings. The van der Waals surface area contributed by atoms with Gasteiger partial charge < -0.3 is 20.4 Å². The zero-order valence-corrected chi connectivity index (χ0v) is 22.4. The molecule has 3 N–H and O–H groups in total. The maximum atomic E-state index is 14.0. The lowest BCUT2D eigenvalue weighted by Crippen LogP contribution is -2.46. The second-order valence-corrected chi connectivity index (χ2v) is 11.2. The summed E-state index contributed by atoms with van der Waals surface area (Å²) < 4.78 is 21.1. The van der Waals surface area contributed by atoms with E-state index in [-0.39, 0.29) is 12.5 Å². The highest BCUT2D eigenvalue weighted by atomic mass is 19.1. The van der Waals surface area contributed by atoms with Crippen LogP contribution in [-0.4, -0.2) is 86.0 Å². The fraction of sp³-hybridized carbons (Fsp3) is 0.500. The lowest BCUT2D eigenvalue weighted by Gasteiger charge is -2.39. The van der Waals surface area contributed by atoms with Crippen molar-refractivity contribution in [3.05, 3.63) is 42.6 Å². The van der Waals surface area contributed by atoms with Gasteiger partial charge in [0.05, 0.1) is 42.4 Å². The zero-order chi connectivity index (χ0) is 27.0. The van der Waals surface area contributed by atoms with Crippen LogP contribution in [0.4, 0.5) is 10.2 Å². The number of aromatic amines is 1. The Morgan fingerprint density at radius 2 is 2.00 bits per heavy atom. The minimum Gasteiger partial charge on any atom is -0.379 e. The number of carbonyl (C=O) groups is 1. The van der Waals surface area contributed by atoms with E-state index < -0.39 is 5.67 Å². The van der Waals surface area contributed by atoms with Crippen molar-refractivity contribution in [3.63, 3.8) is 0 Å². The summed E-state index contributed by atoms with van der Waals surface area (Å²) in [5.74, 6) is 0.452. The van der Waals surface area contributed by atoms with Crippen LogP contribution in [0.2, 0.25) is 0 Å². The predicted octanol–water partition coefficient (Wildman–Crippen LogP) is 3.81. The molecule has 0 aromatic carbocycles. The molecule has 0 spiro atoms. The molecule has 11 heteroatoms. The molecule has 1 amide bonds. The summed E-state index contributed by atoms with van der Waals surface area (Å²) in [5.41, 5.74) is 2.13. The van der Waals surface area contributed by atoms with Gasteiger partial charge in [0.25, 0.3) is 5.91 Å². The molecular weight excluding hydrogens is 499 g/mol. The van der Waals surface area contributed by atoms with Crippen molar-refractivity contribution in [2.75, 3.05) is 38.2 Å². The summed E-state index contributed by atoms with van der Waals surface area (Å²) in [5, 5.41) is 11.6. The van der Waals surface area contributed by atoms with Gasteiger partial charge in [-0.05, 0) is 57.2 Å². The van der Waals surface area contributed by atoms with Gasteiger partial charge >= 0.3 is 0 Å². The van der Waals surface area contributed by atoms with E-state index in [2.05, 4.69) is 35.6 Å². The molecule has 1 saturated carbocycles. The smallest absolute Gasteiger partial charge is 0.255 e. The van der Waals surface area contributed by atoms with Crippen LogP contribution in [0, 0.1) is 0 Å². The molecule has 0 bridgehead atoms. The average Bonchev–Trinajstić information content (AvgIpc) is 3.57. The van der Waals surface area contributed by atoms with Crippen LogP contribution in [0.3, 0.4) is 0 Å². The first kappa shape index (κ1) is 25.7. The molecule has 0 radical (unpaired) electrons. The van der Waals surface area contributed by atoms with Crippen LogP contribution < -0.4 is 10.6 Å². The van der Waals surface area contributed by atoms with Crippen molar-refractivity contribution in [2.24, 2.45) is 0 Å². The number of H-pyrrole nitrogens is 1. The number of nitrogens with one attached hydrogen (secondary N) is 3. The van der Waals surface area contributed by atoms with Gasteiger partial charge in [-0.25, -0.2) is 18.9 Å². The number of aromatic nitrogens is 5. The van der Waals surface area contributed by atoms with E-state index in [1.165, 1.54) is 20.0 Å². The van der Waals surface area contributed by atoms with Gasteiger partial charge in [0.15, 0.2) is 0 Å². The van der Waals surface area contributed by atoms with E-state index in [9.17, 15) is 9.18 Å². The molecule has 0 unspecified atom stereocenters. The fourth-order valence-corrected chi connectivity index (χ4v) is 5.73. The first-order chi connectivity index (χ1) is 18.9. The largest absolute Gasteiger partial charge is 0.379 e. The third-order valence-corrected chi connectivity index (χ3v) is 7.82. The van der Waals surface area contributed by atoms with Gasteiger partial charge in [0, 0.05) is 43.1 Å². The molecular formula is C28H35FN8O2. The number of morpholine rings is 1. The van der Waals surface area contributed by atoms with Crippen molar-refractivity contribution < 1.29 is 13.9 Å². The highest BCUT2D eigenvalue weighted by Gasteiger charge is 2.28. The Morgan fingerprint density at radius 3 is 2.77 bits per heavy atom. The molecule has 0 atom stereocenters. The molecule has 6 rings (SSSR count). The van der Waals surface area contributed by atoms with Crippen LogP contribution in [-0.2, 0) is 4.74 Å². The van der Waals surface area contributed by atoms with Crippen LogP contribution in [0.25, 0.3) is 27.7 Å². The third kappa shape index (κ3) is 5.46. The van der Waals surface area contributed by atoms with Crippen molar-refractivity contribution in [1.29, 1.82) is 0 Å². The normalized spacial score (nSPS) is 20.9. The van der Waals surface area contributed by atoms with Gasteiger partial charge in [0.1, 0.15) is 23.5 Å². The number of hydrogen-bond donors (Lipinski definition) is 3. The number of hydrogen-bond acceptors (Lipinski definition) is 7. The number of rotatable bonds is 7. The maximum Gasteiger partial charge on any atom is 0.255 e. The fourth-order valence-electron chi connectivity index (χ4n) is 5.73. The van der Waals surface area contributed by atoms with E-state index in [1.54, 1.807) is 10.8 Å². The molecule has 5 heterocycles. The van der Waals surface area contributed by atoms with Gasteiger partial charge in [-0.3, -0.25) is 9.69 Å². The molecule has 10 nitrogen and oxygen atoms in total. The first-order valence-electron chi connectivity index (χ1n) is 13.7. The number of nitrogens with zero attached hydrogens (tertiary/aromatic N) is 5. The average molecular weight is 535 g/mol. The number of amides is 1.